The van der Waals surface area contributed by atoms with E-state index in [1.54, 1.807) is 17.0 Å². The minimum atomic E-state index is -1.91. The van der Waals surface area contributed by atoms with E-state index in [1.165, 1.54) is 5.01 Å². The first-order valence-corrected chi connectivity index (χ1v) is 14.9. The first kappa shape index (κ1) is 28.6. The number of anilines is 1. The van der Waals surface area contributed by atoms with Gasteiger partial charge in [0.2, 0.25) is 5.82 Å². The molecular weight excluding hydrogens is 484 g/mol. The van der Waals surface area contributed by atoms with E-state index >= 15 is 0 Å². The lowest BCUT2D eigenvalue weighted by atomic mass is 10.2. The molecule has 1 amide bonds. The Morgan fingerprint density at radius 2 is 2.11 bits per heavy atom. The third-order valence-corrected chi connectivity index (χ3v) is 10.7. The number of aromatic nitrogens is 5. The second kappa shape index (κ2) is 12.4. The Hall–Kier alpha value is -2.63. The lowest BCUT2D eigenvalue weighted by Gasteiger charge is -2.36. The summed E-state index contributed by atoms with van der Waals surface area (Å²) in [7, 11) is -1.91. The maximum atomic E-state index is 11.9. The number of nitrogens with zero attached hydrogens (tertiary/aromatic N) is 7. The van der Waals surface area contributed by atoms with Crippen molar-refractivity contribution in [3.8, 4) is 11.5 Å². The van der Waals surface area contributed by atoms with Crippen molar-refractivity contribution in [2.75, 3.05) is 25.1 Å². The quantitative estimate of drug-likeness (QED) is 0.132. The number of rotatable bonds is 12. The molecule has 192 valence electrons. The topological polar surface area (TPSA) is 110 Å². The molecule has 0 saturated heterocycles. The average Bonchev–Trinajstić information content (AvgIpc) is 3.28. The molecular formula is C23H37ClN8O2Si. The summed E-state index contributed by atoms with van der Waals surface area (Å²) < 4.78 is 8.07. The maximum absolute atomic E-state index is 11.9. The van der Waals surface area contributed by atoms with Gasteiger partial charge in [-0.2, -0.15) is 0 Å². The lowest BCUT2D eigenvalue weighted by Crippen LogP contribution is -2.42. The third-order valence-electron chi connectivity index (χ3n) is 5.95. The summed E-state index contributed by atoms with van der Waals surface area (Å²) in [4.78, 5) is 20.7. The zero-order valence-electron chi connectivity index (χ0n) is 21.7. The summed E-state index contributed by atoms with van der Waals surface area (Å²) in [5.74, 6) is 0.942. The van der Waals surface area contributed by atoms with Gasteiger partial charge in [-0.15, -0.1) is 5.10 Å². The van der Waals surface area contributed by atoms with Crippen LogP contribution in [0.3, 0.4) is 0 Å². The van der Waals surface area contributed by atoms with Gasteiger partial charge >= 0.3 is 5.37 Å². The van der Waals surface area contributed by atoms with Crippen molar-refractivity contribution in [1.82, 2.24) is 30.2 Å². The first-order valence-electron chi connectivity index (χ1n) is 11.7. The Morgan fingerprint density at radius 3 is 2.74 bits per heavy atom. The van der Waals surface area contributed by atoms with Crippen molar-refractivity contribution in [3.63, 3.8) is 0 Å². The predicted molar refractivity (Wildman–Crippen MR) is 143 cm³/mol. The molecule has 0 spiro atoms. The van der Waals surface area contributed by atoms with Crippen molar-refractivity contribution in [3.05, 3.63) is 30.4 Å². The van der Waals surface area contributed by atoms with Gasteiger partial charge in [0, 0.05) is 19.3 Å². The van der Waals surface area contributed by atoms with Gasteiger partial charge in [-0.3, -0.25) is 15.2 Å². The molecule has 0 unspecified atom stereocenters. The minimum Gasteiger partial charge on any atom is -0.415 e. The molecule has 0 aliphatic rings. The highest BCUT2D eigenvalue weighted by Gasteiger charge is 2.37. The van der Waals surface area contributed by atoms with Gasteiger partial charge in [0.1, 0.15) is 11.5 Å². The average molecular weight is 521 g/mol. The normalized spacial score (nSPS) is 13.1. The molecule has 10 nitrogen and oxygen atoms in total. The lowest BCUT2D eigenvalue weighted by molar-refractivity contribution is 0.229. The molecule has 2 rings (SSSR count). The Balaban J connectivity index is 2.14. The molecule has 35 heavy (non-hydrogen) atoms. The highest BCUT2D eigenvalue weighted by molar-refractivity contribution is 6.74. The van der Waals surface area contributed by atoms with Crippen molar-refractivity contribution in [2.24, 2.45) is 4.99 Å². The van der Waals surface area contributed by atoms with Crippen LogP contribution in [0.1, 0.15) is 47.1 Å². The molecule has 0 aliphatic carbocycles. The minimum absolute atomic E-state index is 0.0933. The van der Waals surface area contributed by atoms with E-state index in [-0.39, 0.29) is 11.1 Å². The van der Waals surface area contributed by atoms with Crippen LogP contribution in [0.25, 0.3) is 11.5 Å². The molecule has 2 aromatic rings. The van der Waals surface area contributed by atoms with Crippen LogP contribution in [0.5, 0.6) is 0 Å². The van der Waals surface area contributed by atoms with E-state index in [0.717, 1.165) is 5.57 Å². The fourth-order valence-electron chi connectivity index (χ4n) is 2.76. The molecule has 2 heterocycles. The molecule has 0 fully saturated rings. The monoisotopic (exact) mass is 520 g/mol. The van der Waals surface area contributed by atoms with Crippen LogP contribution in [-0.4, -0.2) is 69.8 Å². The number of pyridine rings is 1. The highest BCUT2D eigenvalue weighted by atomic mass is 35.5. The van der Waals surface area contributed by atoms with Crippen LogP contribution in [0.2, 0.25) is 18.1 Å². The van der Waals surface area contributed by atoms with E-state index in [9.17, 15) is 4.79 Å². The Morgan fingerprint density at radius 1 is 1.40 bits per heavy atom. The maximum Gasteiger partial charge on any atom is 0.334 e. The zero-order chi connectivity index (χ0) is 26.2. The third kappa shape index (κ3) is 8.22. The first-order chi connectivity index (χ1) is 16.4. The number of carbonyl (C=O) groups excluding carboxylic acids is 1. The standard InChI is InChI=1S/C23H37ClN8O2Si/c1-9-25-15-17(2)13-14-31(22(24)33)28-20-12-10-11-19(26-20)21-27-29-30-32(21)18(3)16-34-35(7,8)23(4,5)6/h10-12,15,18H,2,9,13-14,16H2,1,3-8H3,(H,26,28)/b25-15-/t18-/m1/s1. The number of nitrogens with one attached hydrogen (secondary N) is 1. The van der Waals surface area contributed by atoms with E-state index in [2.05, 4.69) is 71.4 Å². The molecule has 1 atom stereocenters. The van der Waals surface area contributed by atoms with E-state index in [0.29, 0.717) is 43.5 Å². The number of hydrogen-bond acceptors (Lipinski definition) is 8. The van der Waals surface area contributed by atoms with Gasteiger partial charge in [0.15, 0.2) is 8.32 Å². The Bertz CT molecular complexity index is 1030. The van der Waals surface area contributed by atoms with Gasteiger partial charge in [0.25, 0.3) is 0 Å². The molecule has 1 N–H and O–H groups in total. The van der Waals surface area contributed by atoms with Gasteiger partial charge in [-0.05, 0) is 78.1 Å². The number of tetrazole rings is 1. The van der Waals surface area contributed by atoms with Gasteiger partial charge in [-0.25, -0.2) is 14.7 Å². The second-order valence-corrected chi connectivity index (χ2v) is 15.0. The predicted octanol–water partition coefficient (Wildman–Crippen LogP) is 5.34. The van der Waals surface area contributed by atoms with Crippen LogP contribution in [-0.2, 0) is 4.43 Å². The SMILES string of the molecule is C=C(/C=N\CC)CCN(Nc1cccc(-c2nnnn2[C@H](C)CO[Si](C)(C)C(C)(C)C)n1)C(=O)Cl. The molecule has 0 radical (unpaired) electrons. The molecule has 12 heteroatoms. The number of hydrogen-bond donors (Lipinski definition) is 1. The zero-order valence-corrected chi connectivity index (χ0v) is 23.5. The fraction of sp³-hybridized carbons (Fsp3) is 0.565. The molecule has 2 aromatic heterocycles. The van der Waals surface area contributed by atoms with E-state index in [1.807, 2.05) is 26.0 Å². The highest BCUT2D eigenvalue weighted by Crippen LogP contribution is 2.37. The van der Waals surface area contributed by atoms with Crippen molar-refractivity contribution in [2.45, 2.75) is 65.2 Å². The number of hydrazine groups is 1. The van der Waals surface area contributed by atoms with Crippen LogP contribution in [0.15, 0.2) is 35.3 Å². The Labute approximate surface area is 213 Å². The van der Waals surface area contributed by atoms with E-state index in [4.69, 9.17) is 16.0 Å². The summed E-state index contributed by atoms with van der Waals surface area (Å²) in [6.45, 7) is 20.4. The number of aliphatic imine (C=N–C) groups is 1. The van der Waals surface area contributed by atoms with Crippen molar-refractivity contribution < 1.29 is 9.22 Å². The molecule has 0 aliphatic heterocycles. The number of halogens is 1. The summed E-state index contributed by atoms with van der Waals surface area (Å²) in [6.07, 6.45) is 2.21. The summed E-state index contributed by atoms with van der Waals surface area (Å²) in [5.41, 5.74) is 4.31. The number of carbonyl (C=O) groups is 1. The van der Waals surface area contributed by atoms with Gasteiger partial charge < -0.3 is 4.43 Å². The fourth-order valence-corrected chi connectivity index (χ4v) is 3.98. The van der Waals surface area contributed by atoms with Crippen molar-refractivity contribution in [1.29, 1.82) is 0 Å². The molecule has 0 saturated carbocycles. The van der Waals surface area contributed by atoms with Crippen LogP contribution < -0.4 is 5.43 Å². The number of amides is 1. The van der Waals surface area contributed by atoms with E-state index < -0.39 is 13.7 Å². The summed E-state index contributed by atoms with van der Waals surface area (Å²) >= 11 is 5.78. The smallest absolute Gasteiger partial charge is 0.334 e. The van der Waals surface area contributed by atoms with Crippen LogP contribution >= 0.6 is 11.6 Å². The van der Waals surface area contributed by atoms with Crippen LogP contribution in [0.4, 0.5) is 10.6 Å². The van der Waals surface area contributed by atoms with Crippen LogP contribution in [0, 0.1) is 0 Å². The second-order valence-electron chi connectivity index (χ2n) is 9.83. The summed E-state index contributed by atoms with van der Waals surface area (Å²) in [6, 6.07) is 5.26. The van der Waals surface area contributed by atoms with Crippen molar-refractivity contribution >= 4 is 37.3 Å². The molecule has 0 aromatic carbocycles. The molecule has 0 bridgehead atoms. The van der Waals surface area contributed by atoms with Gasteiger partial charge in [0.05, 0.1) is 12.6 Å². The Kier molecular flexibility index (Phi) is 10.1. The largest absolute Gasteiger partial charge is 0.415 e. The van der Waals surface area contributed by atoms with Gasteiger partial charge in [-0.1, -0.05) is 33.4 Å². The summed E-state index contributed by atoms with van der Waals surface area (Å²) in [5, 5.41) is 12.9.